The van der Waals surface area contributed by atoms with Crippen LogP contribution in [0.2, 0.25) is 0 Å². The number of hydrogen-bond acceptors (Lipinski definition) is 4. The van der Waals surface area contributed by atoms with E-state index in [-0.39, 0.29) is 24.0 Å². The normalized spacial score (nSPS) is 32.6. The molecule has 3 aliphatic heterocycles. The zero-order valence-electron chi connectivity index (χ0n) is 18.5. The van der Waals surface area contributed by atoms with Crippen molar-refractivity contribution in [2.24, 2.45) is 18.9 Å². The number of aliphatic hydroxyl groups is 1. The van der Waals surface area contributed by atoms with Gasteiger partial charge >= 0.3 is 5.97 Å². The molecule has 0 spiro atoms. The second kappa shape index (κ2) is 7.73. The standard InChI is InChI=1S/C25H31N3O3S/c1-26-13-16(17-9-5-6-10-19(17)26)14-28-22-21(18-11-20(29)23(22)31-24(18)30)27(25(28)32)12-15-7-3-2-4-8-15/h5-6,9-10,13,15,18,20-23,29H,2-4,7-8,11-12,14H2,1H3/t18-,20-,21-,22-,23+/m1/s1. The summed E-state index contributed by atoms with van der Waals surface area (Å²) < 4.78 is 7.89. The molecule has 0 unspecified atom stereocenters. The van der Waals surface area contributed by atoms with Crippen LogP contribution in [0.1, 0.15) is 44.1 Å². The summed E-state index contributed by atoms with van der Waals surface area (Å²) in [6.07, 6.45) is 7.89. The highest BCUT2D eigenvalue weighted by atomic mass is 32.1. The van der Waals surface area contributed by atoms with Crippen molar-refractivity contribution in [3.05, 3.63) is 36.0 Å². The predicted molar refractivity (Wildman–Crippen MR) is 126 cm³/mol. The zero-order valence-corrected chi connectivity index (χ0v) is 19.3. The average Bonchev–Trinajstić information content (AvgIpc) is 3.26. The lowest BCUT2D eigenvalue weighted by Crippen LogP contribution is -2.66. The molecule has 2 aliphatic carbocycles. The van der Waals surface area contributed by atoms with Crippen molar-refractivity contribution in [2.75, 3.05) is 6.54 Å². The van der Waals surface area contributed by atoms with Crippen LogP contribution in [0.4, 0.5) is 0 Å². The van der Waals surface area contributed by atoms with E-state index < -0.39 is 12.2 Å². The van der Waals surface area contributed by atoms with E-state index in [1.54, 1.807) is 0 Å². The van der Waals surface area contributed by atoms with E-state index in [4.69, 9.17) is 17.0 Å². The number of ether oxygens (including phenoxy) is 1. The van der Waals surface area contributed by atoms with Crippen LogP contribution in [0.25, 0.3) is 10.9 Å². The van der Waals surface area contributed by atoms with Gasteiger partial charge in [0.2, 0.25) is 0 Å². The molecule has 7 heteroatoms. The first-order chi connectivity index (χ1) is 15.5. The molecule has 170 valence electrons. The summed E-state index contributed by atoms with van der Waals surface area (Å²) in [7, 11) is 2.07. The molecule has 0 amide bonds. The summed E-state index contributed by atoms with van der Waals surface area (Å²) in [5, 5.41) is 12.8. The fourth-order valence-electron chi connectivity index (χ4n) is 6.74. The number of carbonyl (C=O) groups is 1. The molecular weight excluding hydrogens is 422 g/mol. The molecule has 1 aromatic carbocycles. The largest absolute Gasteiger partial charge is 0.457 e. The number of carbonyl (C=O) groups excluding carboxylic acids is 1. The Morgan fingerprint density at radius 1 is 1.12 bits per heavy atom. The lowest BCUT2D eigenvalue weighted by atomic mass is 9.74. The Morgan fingerprint density at radius 2 is 1.91 bits per heavy atom. The molecule has 2 saturated carbocycles. The Labute approximate surface area is 194 Å². The monoisotopic (exact) mass is 453 g/mol. The Morgan fingerprint density at radius 3 is 2.72 bits per heavy atom. The van der Waals surface area contributed by atoms with Crippen molar-refractivity contribution in [3.63, 3.8) is 0 Å². The van der Waals surface area contributed by atoms with Gasteiger partial charge in [0.15, 0.2) is 5.11 Å². The number of aryl methyl sites for hydroxylation is 1. The summed E-state index contributed by atoms with van der Waals surface area (Å²) in [6.45, 7) is 1.58. The first-order valence-electron chi connectivity index (χ1n) is 12.0. The number of aromatic nitrogens is 1. The van der Waals surface area contributed by atoms with Gasteiger partial charge in [-0.1, -0.05) is 37.5 Å². The summed E-state index contributed by atoms with van der Waals surface area (Å²) in [5.74, 6) is 0.158. The maximum Gasteiger partial charge on any atom is 0.311 e. The highest BCUT2D eigenvalue weighted by Crippen LogP contribution is 2.45. The third-order valence-electron chi connectivity index (χ3n) is 8.24. The van der Waals surface area contributed by atoms with Gasteiger partial charge in [0.25, 0.3) is 0 Å². The average molecular weight is 454 g/mol. The van der Waals surface area contributed by atoms with Gasteiger partial charge in [-0.25, -0.2) is 0 Å². The number of benzene rings is 1. The van der Waals surface area contributed by atoms with Gasteiger partial charge < -0.3 is 24.2 Å². The summed E-state index contributed by atoms with van der Waals surface area (Å²) in [6, 6.07) is 8.34. The Balaban J connectivity index is 1.36. The number of aliphatic hydroxyl groups excluding tert-OH is 1. The molecule has 32 heavy (non-hydrogen) atoms. The lowest BCUT2D eigenvalue weighted by molar-refractivity contribution is -0.199. The van der Waals surface area contributed by atoms with Gasteiger partial charge in [0, 0.05) is 37.2 Å². The van der Waals surface area contributed by atoms with Gasteiger partial charge in [-0.15, -0.1) is 0 Å². The zero-order chi connectivity index (χ0) is 22.0. The number of thiocarbonyl (C=S) groups is 1. The molecule has 7 rings (SSSR count). The van der Waals surface area contributed by atoms with Gasteiger partial charge in [0.1, 0.15) is 6.10 Å². The number of para-hydroxylation sites is 1. The number of hydrogen-bond donors (Lipinski definition) is 1. The highest BCUT2D eigenvalue weighted by molar-refractivity contribution is 7.80. The maximum atomic E-state index is 12.7. The van der Waals surface area contributed by atoms with E-state index in [9.17, 15) is 9.90 Å². The Bertz CT molecular complexity index is 1060. The van der Waals surface area contributed by atoms with Crippen LogP contribution >= 0.6 is 12.2 Å². The van der Waals surface area contributed by atoms with Crippen LogP contribution in [0.15, 0.2) is 30.5 Å². The number of fused-ring (bicyclic) bond motifs is 3. The number of esters is 1. The van der Waals surface area contributed by atoms with Crippen molar-refractivity contribution in [1.29, 1.82) is 0 Å². The molecule has 6 nitrogen and oxygen atoms in total. The van der Waals surface area contributed by atoms with E-state index in [1.807, 2.05) is 0 Å². The van der Waals surface area contributed by atoms with E-state index >= 15 is 0 Å². The van der Waals surface area contributed by atoms with E-state index in [0.717, 1.165) is 11.7 Å². The van der Waals surface area contributed by atoms with Crippen molar-refractivity contribution in [3.8, 4) is 0 Å². The quantitative estimate of drug-likeness (QED) is 0.567. The fourth-order valence-corrected chi connectivity index (χ4v) is 7.12. The first kappa shape index (κ1) is 20.5. The Kier molecular flexibility index (Phi) is 4.95. The minimum atomic E-state index is -0.619. The smallest absolute Gasteiger partial charge is 0.311 e. The van der Waals surface area contributed by atoms with Crippen LogP contribution in [0, 0.1) is 11.8 Å². The van der Waals surface area contributed by atoms with Gasteiger partial charge in [-0.2, -0.15) is 0 Å². The molecule has 2 bridgehead atoms. The predicted octanol–water partition coefficient (Wildman–Crippen LogP) is 3.20. The van der Waals surface area contributed by atoms with Crippen LogP contribution < -0.4 is 0 Å². The molecule has 0 radical (unpaired) electrons. The van der Waals surface area contributed by atoms with Crippen LogP contribution in [-0.4, -0.2) is 61.4 Å². The summed E-state index contributed by atoms with van der Waals surface area (Å²) in [5.41, 5.74) is 2.41. The van der Waals surface area contributed by atoms with Crippen molar-refractivity contribution < 1.29 is 14.6 Å². The Hall–Kier alpha value is -2.12. The van der Waals surface area contributed by atoms with Gasteiger partial charge in [0.05, 0.1) is 24.1 Å². The minimum absolute atomic E-state index is 0.00838. The van der Waals surface area contributed by atoms with Crippen molar-refractivity contribution >= 4 is 34.2 Å². The topological polar surface area (TPSA) is 57.9 Å². The van der Waals surface area contributed by atoms with Crippen molar-refractivity contribution in [2.45, 2.75) is 69.4 Å². The van der Waals surface area contributed by atoms with Crippen LogP contribution in [0.3, 0.4) is 0 Å². The maximum absolute atomic E-state index is 12.7. The van der Waals surface area contributed by atoms with E-state index in [0.29, 0.717) is 18.9 Å². The number of nitrogens with zero attached hydrogens (tertiary/aromatic N) is 3. The molecule has 1 N–H and O–H groups in total. The number of rotatable bonds is 4. The fraction of sp³-hybridized carbons (Fsp3) is 0.600. The molecular formula is C25H31N3O3S. The molecule has 3 saturated heterocycles. The highest BCUT2D eigenvalue weighted by Gasteiger charge is 2.62. The van der Waals surface area contributed by atoms with Crippen molar-refractivity contribution in [1.82, 2.24) is 14.4 Å². The van der Waals surface area contributed by atoms with Gasteiger partial charge in [-0.05, 0) is 49.0 Å². The minimum Gasteiger partial charge on any atom is -0.457 e. The third kappa shape index (κ3) is 3.08. The van der Waals surface area contributed by atoms with E-state index in [2.05, 4.69) is 51.9 Å². The molecule has 5 fully saturated rings. The third-order valence-corrected chi connectivity index (χ3v) is 8.71. The van der Waals surface area contributed by atoms with Crippen LogP contribution in [-0.2, 0) is 23.1 Å². The van der Waals surface area contributed by atoms with E-state index in [1.165, 1.54) is 48.6 Å². The lowest BCUT2D eigenvalue weighted by Gasteiger charge is -2.49. The molecule has 4 heterocycles. The molecule has 5 atom stereocenters. The summed E-state index contributed by atoms with van der Waals surface area (Å²) in [4.78, 5) is 17.3. The second-order valence-corrected chi connectivity index (χ2v) is 10.5. The molecule has 2 aromatic rings. The summed E-state index contributed by atoms with van der Waals surface area (Å²) >= 11 is 6.08. The molecule has 1 aromatic heterocycles. The van der Waals surface area contributed by atoms with Gasteiger partial charge in [-0.3, -0.25) is 4.79 Å². The second-order valence-electron chi connectivity index (χ2n) is 10.1. The SMILES string of the molecule is Cn1cc(CN2C(=S)N(CC3CCCCC3)[C@H]3[C@@H]2[C@H]2OC(=O)[C@@H]3C[C@H]2O)c2ccccc21. The first-order valence-corrected chi connectivity index (χ1v) is 12.4. The molecule has 5 aliphatic rings. The van der Waals surface area contributed by atoms with Crippen LogP contribution in [0.5, 0.6) is 0 Å².